The number of aromatic nitrogens is 4. The van der Waals surface area contributed by atoms with E-state index in [0.717, 1.165) is 44.1 Å². The normalized spacial score (nSPS) is 14.6. The first-order valence-electron chi connectivity index (χ1n) is 19.8. The minimum atomic E-state index is -0.508. The zero-order chi connectivity index (χ0) is 38.2. The molecule has 1 aliphatic carbocycles. The Balaban J connectivity index is 1.15. The lowest BCUT2D eigenvalue weighted by Gasteiger charge is -2.33. The number of fused-ring (bicyclic) bond motifs is 9. The fraction of sp³-hybridized carbons (Fsp3) is 0.0185. The van der Waals surface area contributed by atoms with Crippen LogP contribution in [0.3, 0.4) is 0 Å². The van der Waals surface area contributed by atoms with E-state index in [1.54, 1.807) is 0 Å². The van der Waals surface area contributed by atoms with Crippen molar-refractivity contribution < 1.29 is 0 Å². The maximum Gasteiger partial charge on any atom is 0.235 e. The standard InChI is InChI=1S/C54H34N4/c1-3-15-36(16-4-1)52-43-21-10-12-25-47(43)56-53(57-52)58-48-28-27-37(34-44(48)51-40-19-8-7-14-35(40)26-29-49(51)58)41-22-13-24-46-50(41)42-20-9-11-23-45(42)54(46,38-17-5-2-6-18-38)39-30-32-55-33-31-39/h1-34H. The second kappa shape index (κ2) is 12.7. The van der Waals surface area contributed by atoms with E-state index in [1.807, 2.05) is 18.5 Å². The first-order chi connectivity index (χ1) is 28.8. The number of rotatable bonds is 5. The van der Waals surface area contributed by atoms with Crippen molar-refractivity contribution in [1.29, 1.82) is 0 Å². The molecule has 0 saturated carbocycles. The van der Waals surface area contributed by atoms with Gasteiger partial charge in [-0.15, -0.1) is 0 Å². The molecule has 58 heavy (non-hydrogen) atoms. The van der Waals surface area contributed by atoms with E-state index in [9.17, 15) is 0 Å². The molecule has 3 aromatic heterocycles. The molecular formula is C54H34N4. The van der Waals surface area contributed by atoms with Crippen molar-refractivity contribution in [3.63, 3.8) is 0 Å². The molecule has 0 spiro atoms. The predicted octanol–water partition coefficient (Wildman–Crippen LogP) is 13.0. The van der Waals surface area contributed by atoms with E-state index >= 15 is 0 Å². The Morgan fingerprint density at radius 1 is 0.431 bits per heavy atom. The van der Waals surface area contributed by atoms with E-state index in [1.165, 1.54) is 55.1 Å². The largest absolute Gasteiger partial charge is 0.278 e. The molecule has 0 radical (unpaired) electrons. The summed E-state index contributed by atoms with van der Waals surface area (Å²) < 4.78 is 2.26. The molecule has 0 N–H and O–H groups in total. The fourth-order valence-corrected chi connectivity index (χ4v) is 9.80. The molecule has 8 aromatic carbocycles. The highest BCUT2D eigenvalue weighted by Crippen LogP contribution is 2.58. The number of hydrogen-bond donors (Lipinski definition) is 0. The Hall–Kier alpha value is -7.69. The van der Waals surface area contributed by atoms with Crippen LogP contribution in [0.2, 0.25) is 0 Å². The number of para-hydroxylation sites is 1. The van der Waals surface area contributed by atoms with Crippen molar-refractivity contribution in [2.24, 2.45) is 0 Å². The molecule has 4 nitrogen and oxygen atoms in total. The first kappa shape index (κ1) is 32.5. The molecule has 0 aliphatic heterocycles. The van der Waals surface area contributed by atoms with Crippen molar-refractivity contribution in [3.8, 4) is 39.5 Å². The van der Waals surface area contributed by atoms with Crippen molar-refractivity contribution in [2.45, 2.75) is 5.41 Å². The third kappa shape index (κ3) is 4.60. The summed E-state index contributed by atoms with van der Waals surface area (Å²) in [5.41, 5.74) is 14.4. The van der Waals surface area contributed by atoms with Gasteiger partial charge in [0.25, 0.3) is 0 Å². The number of nitrogens with zero attached hydrogens (tertiary/aromatic N) is 4. The Labute approximate surface area is 335 Å². The second-order valence-electron chi connectivity index (χ2n) is 15.1. The first-order valence-corrected chi connectivity index (χ1v) is 19.8. The summed E-state index contributed by atoms with van der Waals surface area (Å²) in [5, 5.41) is 5.78. The molecule has 0 amide bonds. The van der Waals surface area contributed by atoms with Gasteiger partial charge in [-0.1, -0.05) is 158 Å². The van der Waals surface area contributed by atoms with Gasteiger partial charge in [0.15, 0.2) is 0 Å². The molecule has 1 atom stereocenters. The lowest BCUT2D eigenvalue weighted by Crippen LogP contribution is -2.28. The van der Waals surface area contributed by atoms with Crippen LogP contribution in [0.1, 0.15) is 22.3 Å². The average molecular weight is 739 g/mol. The fourth-order valence-electron chi connectivity index (χ4n) is 9.80. The molecule has 0 saturated heterocycles. The highest BCUT2D eigenvalue weighted by molar-refractivity contribution is 6.22. The third-order valence-corrected chi connectivity index (χ3v) is 12.2. The van der Waals surface area contributed by atoms with Gasteiger partial charge in [0.05, 0.1) is 27.7 Å². The average Bonchev–Trinajstić information content (AvgIpc) is 3.80. The summed E-state index contributed by atoms with van der Waals surface area (Å²) in [6.07, 6.45) is 3.83. The Kier molecular flexibility index (Phi) is 7.11. The third-order valence-electron chi connectivity index (χ3n) is 12.2. The molecule has 1 aliphatic rings. The van der Waals surface area contributed by atoms with Gasteiger partial charge < -0.3 is 0 Å². The van der Waals surface area contributed by atoms with E-state index in [-0.39, 0.29) is 0 Å². The summed E-state index contributed by atoms with van der Waals surface area (Å²) >= 11 is 0. The molecule has 12 rings (SSSR count). The van der Waals surface area contributed by atoms with Crippen molar-refractivity contribution >= 4 is 43.5 Å². The number of pyridine rings is 1. The SMILES string of the molecule is c1ccc(-c2nc(-n3c4ccc(-c5cccc6c5-c5ccccc5C6(c5ccccc5)c5ccncc5)cc4c4c5ccccc5ccc43)nc3ccccc23)cc1. The van der Waals surface area contributed by atoms with Crippen LogP contribution in [0.4, 0.5) is 0 Å². The maximum atomic E-state index is 5.37. The maximum absolute atomic E-state index is 5.37. The van der Waals surface area contributed by atoms with Gasteiger partial charge in [-0.25, -0.2) is 9.97 Å². The van der Waals surface area contributed by atoms with E-state index in [4.69, 9.17) is 9.97 Å². The van der Waals surface area contributed by atoms with E-state index in [0.29, 0.717) is 5.95 Å². The summed E-state index contributed by atoms with van der Waals surface area (Å²) in [4.78, 5) is 15.1. The molecule has 11 aromatic rings. The summed E-state index contributed by atoms with van der Waals surface area (Å²) in [6.45, 7) is 0. The predicted molar refractivity (Wildman–Crippen MR) is 237 cm³/mol. The van der Waals surface area contributed by atoms with Crippen molar-refractivity contribution in [3.05, 3.63) is 229 Å². The zero-order valence-corrected chi connectivity index (χ0v) is 31.4. The van der Waals surface area contributed by atoms with Gasteiger partial charge >= 0.3 is 0 Å². The molecule has 0 fully saturated rings. The monoisotopic (exact) mass is 738 g/mol. The van der Waals surface area contributed by atoms with Gasteiger partial charge in [0, 0.05) is 34.1 Å². The van der Waals surface area contributed by atoms with Gasteiger partial charge in [-0.05, 0) is 91.7 Å². The summed E-state index contributed by atoms with van der Waals surface area (Å²) in [6, 6.07) is 69.9. The van der Waals surface area contributed by atoms with Crippen LogP contribution in [-0.2, 0) is 5.41 Å². The van der Waals surface area contributed by atoms with Crippen LogP contribution in [-0.4, -0.2) is 19.5 Å². The van der Waals surface area contributed by atoms with E-state index in [2.05, 4.69) is 198 Å². The molecular weight excluding hydrogens is 705 g/mol. The van der Waals surface area contributed by atoms with Gasteiger partial charge in [-0.2, -0.15) is 0 Å². The van der Waals surface area contributed by atoms with Gasteiger partial charge in [-0.3, -0.25) is 9.55 Å². The quantitative estimate of drug-likeness (QED) is 0.177. The van der Waals surface area contributed by atoms with Gasteiger partial charge in [0.1, 0.15) is 0 Å². The zero-order valence-electron chi connectivity index (χ0n) is 31.4. The van der Waals surface area contributed by atoms with E-state index < -0.39 is 5.41 Å². The lowest BCUT2D eigenvalue weighted by atomic mass is 9.68. The van der Waals surface area contributed by atoms with Crippen LogP contribution in [0.25, 0.3) is 82.9 Å². The van der Waals surface area contributed by atoms with Crippen molar-refractivity contribution in [2.75, 3.05) is 0 Å². The van der Waals surface area contributed by atoms with Crippen LogP contribution in [0, 0.1) is 0 Å². The molecule has 1 unspecified atom stereocenters. The van der Waals surface area contributed by atoms with Gasteiger partial charge in [0.2, 0.25) is 5.95 Å². The number of benzene rings is 8. The van der Waals surface area contributed by atoms with Crippen LogP contribution >= 0.6 is 0 Å². The Morgan fingerprint density at radius 2 is 1.10 bits per heavy atom. The van der Waals surface area contributed by atoms with Crippen LogP contribution in [0.15, 0.2) is 207 Å². The lowest BCUT2D eigenvalue weighted by molar-refractivity contribution is 0.766. The molecule has 4 heteroatoms. The summed E-state index contributed by atoms with van der Waals surface area (Å²) in [7, 11) is 0. The Bertz CT molecular complexity index is 3350. The molecule has 0 bridgehead atoms. The van der Waals surface area contributed by atoms with Crippen LogP contribution < -0.4 is 0 Å². The van der Waals surface area contributed by atoms with Crippen molar-refractivity contribution in [1.82, 2.24) is 19.5 Å². The molecule has 3 heterocycles. The Morgan fingerprint density at radius 3 is 1.97 bits per heavy atom. The molecule has 270 valence electrons. The summed E-state index contributed by atoms with van der Waals surface area (Å²) in [5.74, 6) is 0.653. The smallest absolute Gasteiger partial charge is 0.235 e. The highest BCUT2D eigenvalue weighted by atomic mass is 15.2. The highest BCUT2D eigenvalue weighted by Gasteiger charge is 2.46. The minimum Gasteiger partial charge on any atom is -0.278 e. The topological polar surface area (TPSA) is 43.6 Å². The van der Waals surface area contributed by atoms with Crippen LogP contribution in [0.5, 0.6) is 0 Å². The number of hydrogen-bond acceptors (Lipinski definition) is 3. The minimum absolute atomic E-state index is 0.508. The second-order valence-corrected chi connectivity index (χ2v) is 15.1.